The van der Waals surface area contributed by atoms with Crippen molar-refractivity contribution < 1.29 is 4.79 Å². The standard InChI is InChI=1S/C15H16N4O.ClH/c16-10-11-1-2-14-12(7-11)8-13(18-14)9-15(20)19-5-3-17-4-6-19;/h1-2,7-8,17-18H,3-6,9H2;1H. The number of halogens is 1. The lowest BCUT2D eigenvalue weighted by Crippen LogP contribution is -2.46. The number of hydrogen-bond donors (Lipinski definition) is 2. The molecule has 5 nitrogen and oxygen atoms in total. The second-order valence-corrected chi connectivity index (χ2v) is 5.02. The molecule has 0 saturated carbocycles. The molecule has 1 fully saturated rings. The number of aromatic amines is 1. The molecule has 0 aliphatic carbocycles. The third-order valence-corrected chi connectivity index (χ3v) is 3.62. The number of fused-ring (bicyclic) bond motifs is 1. The van der Waals surface area contributed by atoms with Crippen molar-refractivity contribution in [2.45, 2.75) is 6.42 Å². The number of piperazine rings is 1. The summed E-state index contributed by atoms with van der Waals surface area (Å²) in [5, 5.41) is 13.1. The maximum Gasteiger partial charge on any atom is 0.228 e. The van der Waals surface area contributed by atoms with E-state index in [1.807, 2.05) is 23.1 Å². The highest BCUT2D eigenvalue weighted by Crippen LogP contribution is 2.17. The number of hydrogen-bond acceptors (Lipinski definition) is 3. The molecule has 0 atom stereocenters. The van der Waals surface area contributed by atoms with Gasteiger partial charge in [-0.2, -0.15) is 5.26 Å². The van der Waals surface area contributed by atoms with Crippen molar-refractivity contribution in [1.82, 2.24) is 15.2 Å². The SMILES string of the molecule is Cl.N#Cc1ccc2[nH]c(CC(=O)N3CCNCC3)cc2c1. The van der Waals surface area contributed by atoms with Gasteiger partial charge in [-0.3, -0.25) is 4.79 Å². The van der Waals surface area contributed by atoms with Gasteiger partial charge in [0, 0.05) is 42.8 Å². The number of aromatic nitrogens is 1. The molecule has 1 amide bonds. The number of carbonyl (C=O) groups is 1. The van der Waals surface area contributed by atoms with Crippen molar-refractivity contribution in [3.8, 4) is 6.07 Å². The second kappa shape index (κ2) is 6.61. The first kappa shape index (κ1) is 15.4. The Balaban J connectivity index is 0.00000161. The molecular weight excluding hydrogens is 288 g/mol. The van der Waals surface area contributed by atoms with Gasteiger partial charge in [-0.1, -0.05) is 0 Å². The maximum atomic E-state index is 12.2. The minimum absolute atomic E-state index is 0. The van der Waals surface area contributed by atoms with Crippen molar-refractivity contribution in [3.63, 3.8) is 0 Å². The highest BCUT2D eigenvalue weighted by Gasteiger charge is 2.17. The van der Waals surface area contributed by atoms with Gasteiger partial charge in [-0.05, 0) is 24.3 Å². The number of amides is 1. The number of nitrogens with zero attached hydrogens (tertiary/aromatic N) is 2. The van der Waals surface area contributed by atoms with Crippen LogP contribution in [0.3, 0.4) is 0 Å². The highest BCUT2D eigenvalue weighted by atomic mass is 35.5. The molecule has 3 rings (SSSR count). The Kier molecular flexibility index (Phi) is 4.84. The van der Waals surface area contributed by atoms with Crippen molar-refractivity contribution in [2.24, 2.45) is 0 Å². The Morgan fingerprint density at radius 2 is 2.05 bits per heavy atom. The van der Waals surface area contributed by atoms with E-state index in [1.54, 1.807) is 6.07 Å². The van der Waals surface area contributed by atoms with Crippen LogP contribution in [-0.4, -0.2) is 42.0 Å². The number of H-pyrrole nitrogens is 1. The first-order valence-corrected chi connectivity index (χ1v) is 6.76. The number of benzene rings is 1. The summed E-state index contributed by atoms with van der Waals surface area (Å²) in [5.74, 6) is 0.151. The topological polar surface area (TPSA) is 71.9 Å². The van der Waals surface area contributed by atoms with Gasteiger partial charge in [0.1, 0.15) is 0 Å². The number of carbonyl (C=O) groups excluding carboxylic acids is 1. The molecule has 2 heterocycles. The fourth-order valence-corrected chi connectivity index (χ4v) is 2.55. The number of nitrogens with one attached hydrogen (secondary N) is 2. The fraction of sp³-hybridized carbons (Fsp3) is 0.333. The summed E-state index contributed by atoms with van der Waals surface area (Å²) in [6, 6.07) is 9.58. The lowest BCUT2D eigenvalue weighted by molar-refractivity contribution is -0.131. The molecule has 1 saturated heterocycles. The number of rotatable bonds is 2. The van der Waals surface area contributed by atoms with Gasteiger partial charge in [0.2, 0.25) is 5.91 Å². The summed E-state index contributed by atoms with van der Waals surface area (Å²) < 4.78 is 0. The smallest absolute Gasteiger partial charge is 0.228 e. The summed E-state index contributed by atoms with van der Waals surface area (Å²) in [5.41, 5.74) is 2.50. The lowest BCUT2D eigenvalue weighted by Gasteiger charge is -2.27. The van der Waals surface area contributed by atoms with Gasteiger partial charge in [0.25, 0.3) is 0 Å². The van der Waals surface area contributed by atoms with Crippen LogP contribution in [0.5, 0.6) is 0 Å². The predicted octanol–water partition coefficient (Wildman–Crippen LogP) is 1.44. The first-order valence-electron chi connectivity index (χ1n) is 6.76. The highest BCUT2D eigenvalue weighted by molar-refractivity contribution is 5.85. The zero-order valence-electron chi connectivity index (χ0n) is 11.6. The minimum Gasteiger partial charge on any atom is -0.358 e. The van der Waals surface area contributed by atoms with E-state index in [9.17, 15) is 4.79 Å². The van der Waals surface area contributed by atoms with Crippen LogP contribution in [0, 0.1) is 11.3 Å². The van der Waals surface area contributed by atoms with Gasteiger partial charge >= 0.3 is 0 Å². The van der Waals surface area contributed by atoms with E-state index in [0.29, 0.717) is 12.0 Å². The molecule has 21 heavy (non-hydrogen) atoms. The van der Waals surface area contributed by atoms with Crippen LogP contribution >= 0.6 is 12.4 Å². The molecule has 0 bridgehead atoms. The molecule has 2 N–H and O–H groups in total. The molecule has 0 unspecified atom stereocenters. The van der Waals surface area contributed by atoms with E-state index in [4.69, 9.17) is 5.26 Å². The summed E-state index contributed by atoms with van der Waals surface area (Å²) in [6.07, 6.45) is 0.385. The first-order chi connectivity index (χ1) is 9.76. The molecule has 0 spiro atoms. The zero-order chi connectivity index (χ0) is 13.9. The minimum atomic E-state index is 0. The summed E-state index contributed by atoms with van der Waals surface area (Å²) in [7, 11) is 0. The van der Waals surface area contributed by atoms with Crippen LogP contribution < -0.4 is 5.32 Å². The number of nitriles is 1. The molecule has 2 aromatic rings. The Bertz CT molecular complexity index is 683. The van der Waals surface area contributed by atoms with Gasteiger partial charge in [0.15, 0.2) is 0 Å². The maximum absolute atomic E-state index is 12.2. The molecule has 1 aromatic carbocycles. The predicted molar refractivity (Wildman–Crippen MR) is 83.4 cm³/mol. The molecular formula is C15H17ClN4O. The van der Waals surface area contributed by atoms with Crippen molar-refractivity contribution in [3.05, 3.63) is 35.5 Å². The van der Waals surface area contributed by atoms with Crippen LogP contribution in [-0.2, 0) is 11.2 Å². The van der Waals surface area contributed by atoms with E-state index in [0.717, 1.165) is 42.8 Å². The van der Waals surface area contributed by atoms with E-state index >= 15 is 0 Å². The van der Waals surface area contributed by atoms with Gasteiger partial charge in [-0.15, -0.1) is 12.4 Å². The van der Waals surface area contributed by atoms with Crippen LogP contribution in [0.2, 0.25) is 0 Å². The summed E-state index contributed by atoms with van der Waals surface area (Å²) in [4.78, 5) is 17.3. The largest absolute Gasteiger partial charge is 0.358 e. The van der Waals surface area contributed by atoms with E-state index < -0.39 is 0 Å². The van der Waals surface area contributed by atoms with Crippen molar-refractivity contribution in [1.29, 1.82) is 5.26 Å². The van der Waals surface area contributed by atoms with Gasteiger partial charge < -0.3 is 15.2 Å². The molecule has 1 aliphatic rings. The summed E-state index contributed by atoms with van der Waals surface area (Å²) >= 11 is 0. The van der Waals surface area contributed by atoms with Gasteiger partial charge in [-0.25, -0.2) is 0 Å². The third-order valence-electron chi connectivity index (χ3n) is 3.62. The molecule has 1 aromatic heterocycles. The average molecular weight is 305 g/mol. The summed E-state index contributed by atoms with van der Waals surface area (Å²) in [6.45, 7) is 3.28. The zero-order valence-corrected chi connectivity index (χ0v) is 12.4. The van der Waals surface area contributed by atoms with Gasteiger partial charge in [0.05, 0.1) is 18.1 Å². The molecule has 0 radical (unpaired) electrons. The van der Waals surface area contributed by atoms with Crippen LogP contribution in [0.15, 0.2) is 24.3 Å². The Morgan fingerprint density at radius 1 is 1.29 bits per heavy atom. The van der Waals surface area contributed by atoms with Crippen LogP contribution in [0.1, 0.15) is 11.3 Å². The van der Waals surface area contributed by atoms with E-state index in [-0.39, 0.29) is 18.3 Å². The quantitative estimate of drug-likeness (QED) is 0.882. The van der Waals surface area contributed by atoms with Crippen molar-refractivity contribution in [2.75, 3.05) is 26.2 Å². The molecule has 110 valence electrons. The Labute approximate surface area is 129 Å². The average Bonchev–Trinajstić information content (AvgIpc) is 2.89. The molecule has 6 heteroatoms. The third kappa shape index (κ3) is 3.35. The fourth-order valence-electron chi connectivity index (χ4n) is 2.55. The van der Waals surface area contributed by atoms with Crippen molar-refractivity contribution >= 4 is 29.2 Å². The molecule has 1 aliphatic heterocycles. The second-order valence-electron chi connectivity index (χ2n) is 5.02. The Hall–Kier alpha value is -2.03. The normalized spacial score (nSPS) is 14.5. The van der Waals surface area contributed by atoms with Crippen LogP contribution in [0.25, 0.3) is 10.9 Å². The van der Waals surface area contributed by atoms with E-state index in [2.05, 4.69) is 16.4 Å². The van der Waals surface area contributed by atoms with Crippen LogP contribution in [0.4, 0.5) is 0 Å². The monoisotopic (exact) mass is 304 g/mol. The Morgan fingerprint density at radius 3 is 2.76 bits per heavy atom. The lowest BCUT2D eigenvalue weighted by atomic mass is 10.1. The van der Waals surface area contributed by atoms with E-state index in [1.165, 1.54) is 0 Å².